The van der Waals surface area contributed by atoms with Crippen molar-refractivity contribution in [2.75, 3.05) is 0 Å². The molecule has 1 aromatic heterocycles. The minimum atomic E-state index is -0.413. The molecule has 1 heterocycles. The summed E-state index contributed by atoms with van der Waals surface area (Å²) in [6.45, 7) is 4.17. The average Bonchev–Trinajstić information content (AvgIpc) is 2.91. The predicted molar refractivity (Wildman–Crippen MR) is 91.0 cm³/mol. The summed E-state index contributed by atoms with van der Waals surface area (Å²) in [5.74, 6) is -0.746. The van der Waals surface area contributed by atoms with Crippen LogP contribution >= 0.6 is 11.3 Å². The van der Waals surface area contributed by atoms with Crippen LogP contribution in [0.25, 0.3) is 10.2 Å². The molecule has 0 bridgehead atoms. The highest BCUT2D eigenvalue weighted by Gasteiger charge is 2.09. The lowest BCUT2D eigenvalue weighted by Gasteiger charge is -2.00. The molecule has 0 unspecified atom stereocenters. The van der Waals surface area contributed by atoms with E-state index in [1.165, 1.54) is 23.5 Å². The number of rotatable bonds is 3. The van der Waals surface area contributed by atoms with Crippen molar-refractivity contribution in [3.8, 4) is 6.07 Å². The Balaban J connectivity index is 2.10. The van der Waals surface area contributed by atoms with Gasteiger partial charge < -0.3 is 4.57 Å². The Morgan fingerprint density at radius 1 is 1.33 bits per heavy atom. The van der Waals surface area contributed by atoms with E-state index >= 15 is 0 Å². The summed E-state index contributed by atoms with van der Waals surface area (Å²) >= 11 is 1.24. The van der Waals surface area contributed by atoms with Crippen molar-refractivity contribution in [2.24, 2.45) is 4.99 Å². The molecule has 0 spiro atoms. The van der Waals surface area contributed by atoms with Crippen molar-refractivity contribution in [1.82, 2.24) is 4.57 Å². The zero-order chi connectivity index (χ0) is 17.1. The third-order valence-corrected chi connectivity index (χ3v) is 4.46. The second kappa shape index (κ2) is 6.60. The molecule has 0 fully saturated rings. The lowest BCUT2D eigenvalue weighted by molar-refractivity contribution is 0.0998. The van der Waals surface area contributed by atoms with Gasteiger partial charge in [0.15, 0.2) is 4.80 Å². The Bertz CT molecular complexity index is 1040. The van der Waals surface area contributed by atoms with Gasteiger partial charge in [0.1, 0.15) is 5.82 Å². The van der Waals surface area contributed by atoms with Crippen LogP contribution < -0.4 is 4.80 Å². The Morgan fingerprint density at radius 2 is 2.08 bits per heavy atom. The number of halogens is 1. The van der Waals surface area contributed by atoms with Crippen molar-refractivity contribution in [1.29, 1.82) is 5.26 Å². The fourth-order valence-electron chi connectivity index (χ4n) is 2.28. The van der Waals surface area contributed by atoms with Crippen molar-refractivity contribution in [2.45, 2.75) is 6.54 Å². The summed E-state index contributed by atoms with van der Waals surface area (Å²) in [4.78, 5) is 17.0. The molecule has 0 N–H and O–H groups in total. The van der Waals surface area contributed by atoms with Gasteiger partial charge in [0.25, 0.3) is 5.91 Å². The van der Waals surface area contributed by atoms with E-state index in [9.17, 15) is 9.18 Å². The maximum atomic E-state index is 13.4. The first-order valence-corrected chi connectivity index (χ1v) is 7.93. The van der Waals surface area contributed by atoms with Crippen molar-refractivity contribution < 1.29 is 9.18 Å². The van der Waals surface area contributed by atoms with Gasteiger partial charge in [-0.2, -0.15) is 10.3 Å². The molecule has 3 rings (SSSR count). The molecule has 0 atom stereocenters. The molecular weight excluding hydrogens is 325 g/mol. The monoisotopic (exact) mass is 337 g/mol. The first-order chi connectivity index (χ1) is 11.6. The molecule has 118 valence electrons. The molecule has 2 aromatic carbocycles. The third-order valence-electron chi connectivity index (χ3n) is 3.41. The summed E-state index contributed by atoms with van der Waals surface area (Å²) < 4.78 is 15.9. The van der Waals surface area contributed by atoms with Gasteiger partial charge in [0, 0.05) is 12.1 Å². The first-order valence-electron chi connectivity index (χ1n) is 7.11. The maximum Gasteiger partial charge on any atom is 0.279 e. The lowest BCUT2D eigenvalue weighted by atomic mass is 10.1. The molecule has 0 radical (unpaired) electrons. The van der Waals surface area contributed by atoms with E-state index < -0.39 is 5.91 Å². The number of thiazole rings is 1. The number of nitriles is 1. The predicted octanol–water partition coefficient (Wildman–Crippen LogP) is 3.64. The highest BCUT2D eigenvalue weighted by Crippen LogP contribution is 2.19. The Kier molecular flexibility index (Phi) is 4.36. The van der Waals surface area contributed by atoms with Gasteiger partial charge in [-0.3, -0.25) is 4.79 Å². The standard InChI is InChI=1S/C18H12FN3OS/c1-2-9-22-15-8-7-14(19)10-16(15)24-18(22)21-17(23)13-5-3-12(11-20)4-6-13/h2-8,10H,1,9H2. The second-order valence-corrected chi connectivity index (χ2v) is 6.01. The van der Waals surface area contributed by atoms with Gasteiger partial charge in [0.05, 0.1) is 21.8 Å². The van der Waals surface area contributed by atoms with E-state index in [4.69, 9.17) is 5.26 Å². The van der Waals surface area contributed by atoms with E-state index in [2.05, 4.69) is 11.6 Å². The van der Waals surface area contributed by atoms with Gasteiger partial charge in [0.2, 0.25) is 0 Å². The van der Waals surface area contributed by atoms with Crippen molar-refractivity contribution in [3.05, 3.63) is 76.9 Å². The van der Waals surface area contributed by atoms with Crippen LogP contribution in [0.5, 0.6) is 0 Å². The SMILES string of the molecule is C=CCn1c(=NC(=O)c2ccc(C#N)cc2)sc2cc(F)ccc21. The number of amides is 1. The molecule has 0 saturated carbocycles. The van der Waals surface area contributed by atoms with E-state index in [0.29, 0.717) is 27.2 Å². The van der Waals surface area contributed by atoms with Crippen LogP contribution in [0.15, 0.2) is 60.1 Å². The van der Waals surface area contributed by atoms with E-state index in [-0.39, 0.29) is 5.82 Å². The number of carbonyl (C=O) groups is 1. The molecule has 0 aliphatic rings. The fraction of sp³-hybridized carbons (Fsp3) is 0.0556. The van der Waals surface area contributed by atoms with Crippen molar-refractivity contribution >= 4 is 27.5 Å². The number of fused-ring (bicyclic) bond motifs is 1. The van der Waals surface area contributed by atoms with E-state index in [1.54, 1.807) is 36.4 Å². The smallest absolute Gasteiger partial charge is 0.279 e. The van der Waals surface area contributed by atoms with Crippen LogP contribution in [0.1, 0.15) is 15.9 Å². The van der Waals surface area contributed by atoms with Gasteiger partial charge in [-0.15, -0.1) is 6.58 Å². The number of nitrogens with zero attached hydrogens (tertiary/aromatic N) is 3. The van der Waals surface area contributed by atoms with Crippen LogP contribution in [0, 0.1) is 17.1 Å². The number of hydrogen-bond donors (Lipinski definition) is 0. The van der Waals surface area contributed by atoms with Crippen LogP contribution in [0.4, 0.5) is 4.39 Å². The number of aromatic nitrogens is 1. The zero-order valence-electron chi connectivity index (χ0n) is 12.6. The molecule has 1 amide bonds. The highest BCUT2D eigenvalue weighted by molar-refractivity contribution is 7.16. The second-order valence-electron chi connectivity index (χ2n) is 5.00. The molecule has 0 aliphatic carbocycles. The first kappa shape index (κ1) is 15.8. The summed E-state index contributed by atoms with van der Waals surface area (Å²) in [5.41, 5.74) is 1.67. The average molecular weight is 337 g/mol. The van der Waals surface area contributed by atoms with Gasteiger partial charge in [-0.05, 0) is 42.5 Å². The van der Waals surface area contributed by atoms with Gasteiger partial charge in [-0.25, -0.2) is 4.39 Å². The van der Waals surface area contributed by atoms with Crippen molar-refractivity contribution in [3.63, 3.8) is 0 Å². The summed E-state index contributed by atoms with van der Waals surface area (Å²) in [7, 11) is 0. The van der Waals surface area contributed by atoms with Crippen LogP contribution in [-0.2, 0) is 6.54 Å². The van der Waals surface area contributed by atoms with Gasteiger partial charge >= 0.3 is 0 Å². The quantitative estimate of drug-likeness (QED) is 0.685. The molecule has 3 aromatic rings. The molecule has 6 heteroatoms. The zero-order valence-corrected chi connectivity index (χ0v) is 13.4. The number of hydrogen-bond acceptors (Lipinski definition) is 3. The fourth-order valence-corrected chi connectivity index (χ4v) is 3.34. The third kappa shape index (κ3) is 3.03. The molecule has 0 saturated heterocycles. The van der Waals surface area contributed by atoms with E-state index in [1.807, 2.05) is 10.6 Å². The largest absolute Gasteiger partial charge is 0.312 e. The minimum Gasteiger partial charge on any atom is -0.312 e. The number of benzene rings is 2. The van der Waals surface area contributed by atoms with Crippen LogP contribution in [-0.4, -0.2) is 10.5 Å². The topological polar surface area (TPSA) is 58.1 Å². The summed E-state index contributed by atoms with van der Waals surface area (Å²) in [6, 6.07) is 12.7. The summed E-state index contributed by atoms with van der Waals surface area (Å²) in [5, 5.41) is 8.80. The van der Waals surface area contributed by atoms with Crippen LogP contribution in [0.2, 0.25) is 0 Å². The lowest BCUT2D eigenvalue weighted by Crippen LogP contribution is -2.16. The minimum absolute atomic E-state index is 0.334. The summed E-state index contributed by atoms with van der Waals surface area (Å²) in [6.07, 6.45) is 1.70. The normalized spacial score (nSPS) is 11.4. The van der Waals surface area contributed by atoms with Gasteiger partial charge in [-0.1, -0.05) is 17.4 Å². The number of carbonyl (C=O) groups excluding carboxylic acids is 1. The number of allylic oxidation sites excluding steroid dienone is 1. The maximum absolute atomic E-state index is 13.4. The highest BCUT2D eigenvalue weighted by atomic mass is 32.1. The molecular formula is C18H12FN3OS. The Labute approximate surface area is 141 Å². The molecule has 24 heavy (non-hydrogen) atoms. The molecule has 4 nitrogen and oxygen atoms in total. The molecule has 0 aliphatic heterocycles. The van der Waals surface area contributed by atoms with Crippen LogP contribution in [0.3, 0.4) is 0 Å². The Morgan fingerprint density at radius 3 is 2.75 bits per heavy atom. The van der Waals surface area contributed by atoms with E-state index in [0.717, 1.165) is 5.52 Å². The Hall–Kier alpha value is -3.04.